The quantitative estimate of drug-likeness (QED) is 0.113. The number of para-hydroxylation sites is 3. The Morgan fingerprint density at radius 3 is 1.36 bits per heavy atom. The molecule has 488 valence electrons. The number of alkyl halides is 3. The predicted molar refractivity (Wildman–Crippen MR) is 367 cm³/mol. The highest BCUT2D eigenvalue weighted by Gasteiger charge is 2.34. The zero-order valence-corrected chi connectivity index (χ0v) is 55.7. The number of rotatable bonds is 11. The van der Waals surface area contributed by atoms with Crippen LogP contribution in [0.4, 0.5) is 17.6 Å². The molecule has 0 spiro atoms. The van der Waals surface area contributed by atoms with Gasteiger partial charge >= 0.3 is 6.18 Å². The van der Waals surface area contributed by atoms with Gasteiger partial charge in [-0.05, 0) is 155 Å². The number of hydrogen-bond acceptors (Lipinski definition) is 12. The van der Waals surface area contributed by atoms with Crippen molar-refractivity contribution in [1.29, 1.82) is 0 Å². The highest BCUT2D eigenvalue weighted by Crippen LogP contribution is 2.41. The normalized spacial score (nSPS) is 15.6. The SMILES string of the molecule is CN1CC=C(c2cn(S(=O)(=O)c3cc4ccccc4s3)c3ccccc23)CC1.Cc1c(S(=O)(=O)n2cc(C3=CCN(C)CC3)c3cc(C(F)(F)F)ccc32)cnn1-c1ccccc1.Cc1c(S(=O)(=O)n2cc(C3=CCN(C)CC3)c3cc(F)ccc32)cnn1-c1ccccc1. The molecule has 3 aliphatic heterocycles. The van der Waals surface area contributed by atoms with E-state index in [1.165, 1.54) is 72.4 Å². The van der Waals surface area contributed by atoms with Gasteiger partial charge in [0.25, 0.3) is 30.1 Å². The first kappa shape index (κ1) is 64.7. The van der Waals surface area contributed by atoms with Gasteiger partial charge in [0.1, 0.15) is 19.8 Å². The van der Waals surface area contributed by atoms with Gasteiger partial charge in [0.05, 0.1) is 57.3 Å². The Morgan fingerprint density at radius 1 is 0.463 bits per heavy atom. The number of fused-ring (bicyclic) bond motifs is 4. The Bertz CT molecular complexity index is 5360. The molecule has 0 fully saturated rings. The lowest BCUT2D eigenvalue weighted by molar-refractivity contribution is -0.137. The third-order valence-corrected chi connectivity index (χ3v) is 24.5. The van der Waals surface area contributed by atoms with Crippen LogP contribution in [-0.2, 0) is 36.2 Å². The molecular formula is C71H66F4N10O6S4. The minimum absolute atomic E-state index is 0.0120. The number of hydrogen-bond donors (Lipinski definition) is 0. The van der Waals surface area contributed by atoms with Crippen LogP contribution in [-0.4, -0.2) is 132 Å². The molecule has 0 N–H and O–H groups in total. The highest BCUT2D eigenvalue weighted by atomic mass is 32.2. The van der Waals surface area contributed by atoms with Gasteiger partial charge in [0, 0.05) is 95.4 Å². The topological polar surface area (TPSA) is 163 Å². The molecule has 0 radical (unpaired) electrons. The number of benzene rings is 6. The fraction of sp³-hybridized carbons (Fsp3) is 0.211. The second-order valence-electron chi connectivity index (χ2n) is 24.0. The number of likely N-dealkylation sites (N-methyl/N-ethyl adjacent to an activating group) is 3. The van der Waals surface area contributed by atoms with Gasteiger partial charge in [0.2, 0.25) is 0 Å². The summed E-state index contributed by atoms with van der Waals surface area (Å²) >= 11 is 1.32. The van der Waals surface area contributed by atoms with Crippen molar-refractivity contribution in [2.24, 2.45) is 0 Å². The fourth-order valence-corrected chi connectivity index (χ4v) is 18.3. The maximum atomic E-state index is 14.1. The van der Waals surface area contributed by atoms with Gasteiger partial charge in [-0.3, -0.25) is 0 Å². The number of aromatic nitrogens is 7. The maximum Gasteiger partial charge on any atom is 0.416 e. The largest absolute Gasteiger partial charge is 0.416 e. The maximum absolute atomic E-state index is 14.1. The lowest BCUT2D eigenvalue weighted by Gasteiger charge is -2.21. The first-order valence-electron chi connectivity index (χ1n) is 30.7. The van der Waals surface area contributed by atoms with Crippen LogP contribution < -0.4 is 0 Å². The Balaban J connectivity index is 0.000000130. The van der Waals surface area contributed by atoms with E-state index in [1.807, 2.05) is 136 Å². The second-order valence-corrected chi connectivity index (χ2v) is 30.6. The average Bonchev–Trinajstić information content (AvgIpc) is 1.61. The van der Waals surface area contributed by atoms with E-state index >= 15 is 0 Å². The average molecular weight is 1360 g/mol. The summed E-state index contributed by atoms with van der Waals surface area (Å²) < 4.78 is 145. The molecule has 9 heterocycles. The van der Waals surface area contributed by atoms with E-state index in [1.54, 1.807) is 30.8 Å². The van der Waals surface area contributed by atoms with Crippen LogP contribution in [0.1, 0.15) is 52.9 Å². The molecule has 0 saturated heterocycles. The lowest BCUT2D eigenvalue weighted by Crippen LogP contribution is -2.23. The molecule has 6 aromatic heterocycles. The smallest absolute Gasteiger partial charge is 0.302 e. The van der Waals surface area contributed by atoms with Crippen molar-refractivity contribution in [3.8, 4) is 11.4 Å². The number of thiophene rings is 1. The molecule has 0 unspecified atom stereocenters. The van der Waals surface area contributed by atoms with E-state index in [0.717, 1.165) is 111 Å². The van der Waals surface area contributed by atoms with E-state index in [4.69, 9.17) is 0 Å². The van der Waals surface area contributed by atoms with Crippen LogP contribution >= 0.6 is 11.3 Å². The van der Waals surface area contributed by atoms with E-state index in [2.05, 4.69) is 44.1 Å². The van der Waals surface area contributed by atoms with Gasteiger partial charge < -0.3 is 14.7 Å². The van der Waals surface area contributed by atoms with Gasteiger partial charge in [-0.25, -0.2) is 42.5 Å². The predicted octanol–water partition coefficient (Wildman–Crippen LogP) is 14.2. The summed E-state index contributed by atoms with van der Waals surface area (Å²) in [6, 6.07) is 43.2. The van der Waals surface area contributed by atoms with E-state index in [9.17, 15) is 42.8 Å². The summed E-state index contributed by atoms with van der Waals surface area (Å²) in [4.78, 5) is 6.63. The Morgan fingerprint density at radius 2 is 0.884 bits per heavy atom. The monoisotopic (exact) mass is 1360 g/mol. The number of halogens is 4. The zero-order chi connectivity index (χ0) is 66.7. The molecule has 0 saturated carbocycles. The molecule has 0 amide bonds. The zero-order valence-electron chi connectivity index (χ0n) is 52.5. The van der Waals surface area contributed by atoms with Gasteiger partial charge in [-0.2, -0.15) is 31.8 Å². The Hall–Kier alpha value is -9.01. The van der Waals surface area contributed by atoms with Crippen molar-refractivity contribution in [1.82, 2.24) is 46.2 Å². The summed E-state index contributed by atoms with van der Waals surface area (Å²) in [5.41, 5.74) is 8.32. The molecule has 12 aromatic rings. The minimum atomic E-state index is -4.54. The summed E-state index contributed by atoms with van der Waals surface area (Å²) in [6.07, 6.45) is 11.5. The molecule has 0 atom stereocenters. The van der Waals surface area contributed by atoms with Crippen molar-refractivity contribution >= 4 is 101 Å². The van der Waals surface area contributed by atoms with Crippen LogP contribution in [0, 0.1) is 19.7 Å². The van der Waals surface area contributed by atoms with Crippen LogP contribution in [0.15, 0.2) is 215 Å². The molecule has 0 bridgehead atoms. The number of nitrogens with zero attached hydrogens (tertiary/aromatic N) is 10. The van der Waals surface area contributed by atoms with Crippen LogP contribution in [0.2, 0.25) is 0 Å². The third kappa shape index (κ3) is 12.4. The van der Waals surface area contributed by atoms with E-state index in [-0.39, 0.29) is 20.7 Å². The first-order valence-corrected chi connectivity index (χ1v) is 35.8. The van der Waals surface area contributed by atoms with Crippen molar-refractivity contribution in [3.63, 3.8) is 0 Å². The van der Waals surface area contributed by atoms with E-state index < -0.39 is 47.6 Å². The molecule has 3 aliphatic rings. The second kappa shape index (κ2) is 25.6. The third-order valence-electron chi connectivity index (χ3n) is 17.7. The summed E-state index contributed by atoms with van der Waals surface area (Å²) in [5, 5.41) is 11.4. The van der Waals surface area contributed by atoms with Crippen LogP contribution in [0.5, 0.6) is 0 Å². The summed E-state index contributed by atoms with van der Waals surface area (Å²) in [6.45, 7) is 8.26. The molecule has 95 heavy (non-hydrogen) atoms. The van der Waals surface area contributed by atoms with Crippen LogP contribution in [0.25, 0.3) is 70.9 Å². The molecule has 24 heteroatoms. The molecule has 0 aliphatic carbocycles. The van der Waals surface area contributed by atoms with Crippen molar-refractivity contribution < 1.29 is 42.8 Å². The van der Waals surface area contributed by atoms with Gasteiger partial charge in [-0.15, -0.1) is 11.3 Å². The summed E-state index contributed by atoms with van der Waals surface area (Å²) in [5.74, 6) is -0.393. The highest BCUT2D eigenvalue weighted by molar-refractivity contribution is 7.92. The lowest BCUT2D eigenvalue weighted by atomic mass is 9.98. The first-order chi connectivity index (χ1) is 45.5. The molecule has 16 nitrogen and oxygen atoms in total. The Labute approximate surface area is 551 Å². The van der Waals surface area contributed by atoms with Gasteiger partial charge in [-0.1, -0.05) is 91.0 Å². The Kier molecular flexibility index (Phi) is 17.4. The minimum Gasteiger partial charge on any atom is -0.302 e. The molecule has 6 aromatic carbocycles. The van der Waals surface area contributed by atoms with Crippen molar-refractivity contribution in [2.75, 3.05) is 60.4 Å². The summed E-state index contributed by atoms with van der Waals surface area (Å²) in [7, 11) is -5.67. The van der Waals surface area contributed by atoms with Gasteiger partial charge in [0.15, 0.2) is 0 Å². The van der Waals surface area contributed by atoms with Crippen molar-refractivity contribution in [3.05, 3.63) is 240 Å². The van der Waals surface area contributed by atoms with E-state index in [0.29, 0.717) is 50.7 Å². The molecular weight excluding hydrogens is 1290 g/mol. The van der Waals surface area contributed by atoms with Crippen LogP contribution in [0.3, 0.4) is 0 Å². The fourth-order valence-electron chi connectivity index (χ4n) is 12.5. The molecule has 15 rings (SSSR count). The standard InChI is InChI=1S/C25H23F3N4O2S.C24H23FN4O2S.C22H20N2O2S2/c1-17-24(15-29-32(17)20-6-4-3-5-7-20)35(33,34)31-16-22(18-10-12-30(2)13-11-18)21-14-19(25(26,27)28)8-9-23(21)31;1-17-24(15-26-29(17)20-6-4-3-5-7-20)32(30,31)28-16-22(18-10-12-27(2)13-11-18)21-14-19(25)8-9-23(21)28;1-23-12-10-16(11-13-23)19-15-24(20-8-4-3-7-18(19)20)28(25,26)22-14-17-6-2-5-9-21(17)27-22/h3-10,14-16H,11-13H2,1-2H3;3-10,14-16H,11-13H2,1-2H3;2-10,14-15H,11-13H2,1H3. The van der Waals surface area contributed by atoms with Crippen molar-refractivity contribution in [2.45, 2.75) is 53.3 Å².